The Labute approximate surface area is 108 Å². The van der Waals surface area contributed by atoms with E-state index in [1.54, 1.807) is 4.68 Å². The van der Waals surface area contributed by atoms with Gasteiger partial charge in [0.15, 0.2) is 0 Å². The van der Waals surface area contributed by atoms with Gasteiger partial charge in [-0.05, 0) is 48.9 Å². The predicted molar refractivity (Wildman–Crippen MR) is 72.4 cm³/mol. The summed E-state index contributed by atoms with van der Waals surface area (Å²) in [5.74, 6) is 0. The topological polar surface area (TPSA) is 38.1 Å². The van der Waals surface area contributed by atoms with Crippen molar-refractivity contribution < 1.29 is 5.11 Å². The van der Waals surface area contributed by atoms with Gasteiger partial charge in [0, 0.05) is 13.2 Å². The molecule has 96 valence electrons. The van der Waals surface area contributed by atoms with E-state index in [9.17, 15) is 5.11 Å². The maximum Gasteiger partial charge on any atom is 0.0798 e. The van der Waals surface area contributed by atoms with Gasteiger partial charge >= 0.3 is 0 Å². The van der Waals surface area contributed by atoms with Crippen LogP contribution in [0.15, 0.2) is 30.6 Å². The molecule has 2 aromatic rings. The highest BCUT2D eigenvalue weighted by Gasteiger charge is 2.13. The van der Waals surface area contributed by atoms with Gasteiger partial charge in [0.1, 0.15) is 0 Å². The van der Waals surface area contributed by atoms with Crippen molar-refractivity contribution in [2.24, 2.45) is 7.05 Å². The summed E-state index contributed by atoms with van der Waals surface area (Å²) in [6.07, 6.45) is 5.04. The Bertz CT molecular complexity index is 511. The maximum absolute atomic E-state index is 10.3. The van der Waals surface area contributed by atoms with Crippen molar-refractivity contribution in [3.63, 3.8) is 0 Å². The maximum atomic E-state index is 10.3. The Morgan fingerprint density at radius 2 is 1.94 bits per heavy atom. The van der Waals surface area contributed by atoms with Crippen LogP contribution in [0.2, 0.25) is 0 Å². The second-order valence-electron chi connectivity index (χ2n) is 4.88. The first-order valence-corrected chi connectivity index (χ1v) is 6.29. The van der Waals surface area contributed by atoms with E-state index in [0.717, 1.165) is 29.5 Å². The largest absolute Gasteiger partial charge is 0.388 e. The highest BCUT2D eigenvalue weighted by Crippen LogP contribution is 2.25. The third-order valence-corrected chi connectivity index (χ3v) is 3.34. The molecule has 1 aromatic heterocycles. The van der Waals surface area contributed by atoms with E-state index in [1.165, 1.54) is 5.56 Å². The molecule has 1 aromatic carbocycles. The van der Waals surface area contributed by atoms with Crippen LogP contribution in [0, 0.1) is 13.8 Å². The van der Waals surface area contributed by atoms with Gasteiger partial charge in [0.05, 0.1) is 12.3 Å². The summed E-state index contributed by atoms with van der Waals surface area (Å²) < 4.78 is 1.79. The minimum absolute atomic E-state index is 0.397. The van der Waals surface area contributed by atoms with Crippen molar-refractivity contribution in [2.75, 3.05) is 0 Å². The number of benzene rings is 1. The number of aliphatic hydroxyl groups is 1. The molecule has 0 fully saturated rings. The van der Waals surface area contributed by atoms with E-state index in [4.69, 9.17) is 0 Å². The van der Waals surface area contributed by atoms with Crippen molar-refractivity contribution in [2.45, 2.75) is 32.8 Å². The zero-order chi connectivity index (χ0) is 13.1. The molecule has 1 unspecified atom stereocenters. The molecule has 0 saturated carbocycles. The molecule has 0 radical (unpaired) electrons. The average Bonchev–Trinajstić information content (AvgIpc) is 2.72. The predicted octanol–water partition coefficient (Wildman–Crippen LogP) is 2.70. The second kappa shape index (κ2) is 5.36. The van der Waals surface area contributed by atoms with Crippen LogP contribution >= 0.6 is 0 Å². The summed E-state index contributed by atoms with van der Waals surface area (Å²) in [6.45, 7) is 4.10. The Morgan fingerprint density at radius 1 is 1.28 bits per heavy atom. The standard InChI is InChI=1S/C15H20N2O/c1-11-5-4-6-12(2)15(11)14(18)8-7-13-9-16-17(3)10-13/h4-6,9-10,14,18H,7-8H2,1-3H3. The molecule has 3 nitrogen and oxygen atoms in total. The van der Waals surface area contributed by atoms with Crippen LogP contribution in [-0.4, -0.2) is 14.9 Å². The fraction of sp³-hybridized carbons (Fsp3) is 0.400. The third-order valence-electron chi connectivity index (χ3n) is 3.34. The van der Waals surface area contributed by atoms with Crippen LogP contribution in [0.3, 0.4) is 0 Å². The van der Waals surface area contributed by atoms with E-state index in [-0.39, 0.29) is 0 Å². The molecule has 2 rings (SSSR count). The number of aromatic nitrogens is 2. The van der Waals surface area contributed by atoms with Crippen LogP contribution in [0.25, 0.3) is 0 Å². The highest BCUT2D eigenvalue weighted by atomic mass is 16.3. The quantitative estimate of drug-likeness (QED) is 0.898. The lowest BCUT2D eigenvalue weighted by molar-refractivity contribution is 0.166. The van der Waals surface area contributed by atoms with Crippen LogP contribution < -0.4 is 0 Å². The summed E-state index contributed by atoms with van der Waals surface area (Å²) in [5.41, 5.74) is 4.56. The molecule has 1 N–H and O–H groups in total. The van der Waals surface area contributed by atoms with Gasteiger partial charge in [0.2, 0.25) is 0 Å². The molecular weight excluding hydrogens is 224 g/mol. The first kappa shape index (κ1) is 12.8. The molecule has 0 aliphatic heterocycles. The van der Waals surface area contributed by atoms with Gasteiger partial charge < -0.3 is 5.11 Å². The molecule has 0 spiro atoms. The van der Waals surface area contributed by atoms with Crippen molar-refractivity contribution >= 4 is 0 Å². The summed E-state index contributed by atoms with van der Waals surface area (Å²) in [4.78, 5) is 0. The molecule has 0 aliphatic carbocycles. The second-order valence-corrected chi connectivity index (χ2v) is 4.88. The number of hydrogen-bond donors (Lipinski definition) is 1. The van der Waals surface area contributed by atoms with Crippen molar-refractivity contribution in [3.05, 3.63) is 52.8 Å². The first-order valence-electron chi connectivity index (χ1n) is 6.29. The Morgan fingerprint density at radius 3 is 2.50 bits per heavy atom. The summed E-state index contributed by atoms with van der Waals surface area (Å²) in [7, 11) is 1.91. The zero-order valence-corrected chi connectivity index (χ0v) is 11.2. The van der Waals surface area contributed by atoms with Crippen LogP contribution in [0.1, 0.15) is 34.8 Å². The summed E-state index contributed by atoms with van der Waals surface area (Å²) in [6, 6.07) is 6.13. The molecule has 0 aliphatic rings. The molecule has 0 saturated heterocycles. The molecule has 3 heteroatoms. The fourth-order valence-corrected chi connectivity index (χ4v) is 2.40. The van der Waals surface area contributed by atoms with E-state index in [2.05, 4.69) is 31.1 Å². The Balaban J connectivity index is 2.06. The van der Waals surface area contributed by atoms with Gasteiger partial charge in [-0.2, -0.15) is 5.10 Å². The Kier molecular flexibility index (Phi) is 3.82. The third kappa shape index (κ3) is 2.79. The minimum atomic E-state index is -0.397. The smallest absolute Gasteiger partial charge is 0.0798 e. The van der Waals surface area contributed by atoms with Gasteiger partial charge in [-0.3, -0.25) is 4.68 Å². The monoisotopic (exact) mass is 244 g/mol. The van der Waals surface area contributed by atoms with Gasteiger partial charge in [0.25, 0.3) is 0 Å². The molecular formula is C15H20N2O. The van der Waals surface area contributed by atoms with E-state index >= 15 is 0 Å². The normalized spacial score (nSPS) is 12.7. The van der Waals surface area contributed by atoms with Crippen molar-refractivity contribution in [1.29, 1.82) is 0 Å². The lowest BCUT2D eigenvalue weighted by Crippen LogP contribution is -2.04. The summed E-state index contributed by atoms with van der Waals surface area (Å²) in [5, 5.41) is 14.5. The average molecular weight is 244 g/mol. The lowest BCUT2D eigenvalue weighted by atomic mass is 9.94. The number of nitrogens with zero attached hydrogens (tertiary/aromatic N) is 2. The summed E-state index contributed by atoms with van der Waals surface area (Å²) >= 11 is 0. The number of rotatable bonds is 4. The fourth-order valence-electron chi connectivity index (χ4n) is 2.40. The Hall–Kier alpha value is -1.61. The SMILES string of the molecule is Cc1cccc(C)c1C(O)CCc1cnn(C)c1. The van der Waals surface area contributed by atoms with Crippen LogP contribution in [-0.2, 0) is 13.5 Å². The van der Waals surface area contributed by atoms with E-state index < -0.39 is 6.10 Å². The van der Waals surface area contributed by atoms with E-state index in [0.29, 0.717) is 0 Å². The van der Waals surface area contributed by atoms with Crippen molar-refractivity contribution in [1.82, 2.24) is 9.78 Å². The molecule has 18 heavy (non-hydrogen) atoms. The van der Waals surface area contributed by atoms with Crippen LogP contribution in [0.4, 0.5) is 0 Å². The zero-order valence-electron chi connectivity index (χ0n) is 11.2. The molecule has 1 atom stereocenters. The van der Waals surface area contributed by atoms with Gasteiger partial charge in [-0.15, -0.1) is 0 Å². The minimum Gasteiger partial charge on any atom is -0.388 e. The molecule has 0 bridgehead atoms. The van der Waals surface area contributed by atoms with Gasteiger partial charge in [-0.25, -0.2) is 0 Å². The number of aryl methyl sites for hydroxylation is 4. The van der Waals surface area contributed by atoms with Gasteiger partial charge in [-0.1, -0.05) is 18.2 Å². The molecule has 1 heterocycles. The van der Waals surface area contributed by atoms with Crippen LogP contribution in [0.5, 0.6) is 0 Å². The van der Waals surface area contributed by atoms with Crippen molar-refractivity contribution in [3.8, 4) is 0 Å². The first-order chi connectivity index (χ1) is 8.58. The number of hydrogen-bond acceptors (Lipinski definition) is 2. The molecule has 0 amide bonds. The van der Waals surface area contributed by atoms with E-state index in [1.807, 2.05) is 25.5 Å². The highest BCUT2D eigenvalue weighted by molar-refractivity contribution is 5.35. The number of aliphatic hydroxyl groups excluding tert-OH is 1. The lowest BCUT2D eigenvalue weighted by Gasteiger charge is -2.16.